The molecular weight excluding hydrogens is 258 g/mol. The lowest BCUT2D eigenvalue weighted by molar-refractivity contribution is 0.338. The van der Waals surface area contributed by atoms with Crippen molar-refractivity contribution in [2.45, 2.75) is 39.2 Å². The van der Waals surface area contributed by atoms with Gasteiger partial charge in [0.15, 0.2) is 0 Å². The van der Waals surface area contributed by atoms with Gasteiger partial charge in [-0.3, -0.25) is 9.97 Å². The molecule has 0 aliphatic rings. The van der Waals surface area contributed by atoms with Gasteiger partial charge in [-0.1, -0.05) is 57.5 Å². The second-order valence-corrected chi connectivity index (χ2v) is 5.49. The molecule has 1 aromatic heterocycles. The molecule has 0 amide bonds. The van der Waals surface area contributed by atoms with E-state index in [2.05, 4.69) is 66.4 Å². The average molecular weight is 283 g/mol. The molecular formula is C18H25N3. The first-order valence-electron chi connectivity index (χ1n) is 7.82. The summed E-state index contributed by atoms with van der Waals surface area (Å²) in [5.41, 5.74) is 2.39. The molecule has 1 heterocycles. The normalized spacial score (nSPS) is 15.4. The molecule has 0 radical (unpaired) electrons. The highest BCUT2D eigenvalue weighted by atomic mass is 15.0. The Morgan fingerprint density at radius 2 is 1.86 bits per heavy atom. The van der Waals surface area contributed by atoms with Crippen molar-refractivity contribution < 1.29 is 0 Å². The van der Waals surface area contributed by atoms with Crippen LogP contribution in [-0.4, -0.2) is 16.5 Å². The van der Waals surface area contributed by atoms with Gasteiger partial charge in [0, 0.05) is 24.5 Å². The van der Waals surface area contributed by atoms with Crippen LogP contribution in [0.4, 0.5) is 0 Å². The van der Waals surface area contributed by atoms with Gasteiger partial charge in [0.1, 0.15) is 0 Å². The number of hydrogen-bond donors (Lipinski definition) is 1. The maximum absolute atomic E-state index is 4.54. The molecule has 0 saturated carbocycles. The molecule has 3 nitrogen and oxygen atoms in total. The van der Waals surface area contributed by atoms with Crippen LogP contribution in [0, 0.1) is 5.92 Å². The van der Waals surface area contributed by atoms with Gasteiger partial charge < -0.3 is 5.32 Å². The maximum atomic E-state index is 4.54. The Morgan fingerprint density at radius 3 is 2.43 bits per heavy atom. The first-order valence-corrected chi connectivity index (χ1v) is 7.82. The number of rotatable bonds is 7. The van der Waals surface area contributed by atoms with Crippen LogP contribution in [0.15, 0.2) is 48.9 Å². The number of aromatic nitrogens is 2. The molecule has 1 aromatic carbocycles. The molecule has 3 atom stereocenters. The van der Waals surface area contributed by atoms with Gasteiger partial charge in [0.05, 0.1) is 11.7 Å². The van der Waals surface area contributed by atoms with Crippen molar-refractivity contribution in [3.05, 3.63) is 60.2 Å². The predicted octanol–water partition coefficient (Wildman–Crippen LogP) is 3.96. The van der Waals surface area contributed by atoms with E-state index in [4.69, 9.17) is 0 Å². The largest absolute Gasteiger partial charge is 0.308 e. The number of nitrogens with one attached hydrogen (secondary N) is 1. The van der Waals surface area contributed by atoms with Gasteiger partial charge >= 0.3 is 0 Å². The predicted molar refractivity (Wildman–Crippen MR) is 87.1 cm³/mol. The second-order valence-electron chi connectivity index (χ2n) is 5.49. The third-order valence-electron chi connectivity index (χ3n) is 4.13. The number of likely N-dealkylation sites (N-methyl/N-ethyl adjacent to an activating group) is 1. The van der Waals surface area contributed by atoms with E-state index < -0.39 is 0 Å². The highest BCUT2D eigenvalue weighted by Crippen LogP contribution is 2.37. The van der Waals surface area contributed by atoms with Crippen molar-refractivity contribution in [2.24, 2.45) is 5.92 Å². The van der Waals surface area contributed by atoms with E-state index in [1.165, 1.54) is 5.56 Å². The molecule has 0 saturated heterocycles. The van der Waals surface area contributed by atoms with Crippen LogP contribution < -0.4 is 5.32 Å². The Hall–Kier alpha value is -1.74. The summed E-state index contributed by atoms with van der Waals surface area (Å²) in [5, 5.41) is 3.61. The summed E-state index contributed by atoms with van der Waals surface area (Å²) in [4.78, 5) is 8.78. The Bertz CT molecular complexity index is 513. The summed E-state index contributed by atoms with van der Waals surface area (Å²) in [6.07, 6.45) is 6.53. The lowest BCUT2D eigenvalue weighted by Gasteiger charge is -2.32. The fraction of sp³-hybridized carbons (Fsp3) is 0.444. The summed E-state index contributed by atoms with van der Waals surface area (Å²) in [5.74, 6) is 0.964. The molecule has 0 fully saturated rings. The van der Waals surface area contributed by atoms with Gasteiger partial charge in [-0.15, -0.1) is 0 Å². The van der Waals surface area contributed by atoms with Gasteiger partial charge in [0.25, 0.3) is 0 Å². The van der Waals surface area contributed by atoms with Gasteiger partial charge in [-0.05, 0) is 18.0 Å². The lowest BCUT2D eigenvalue weighted by Crippen LogP contribution is -2.31. The van der Waals surface area contributed by atoms with Gasteiger partial charge in [0.2, 0.25) is 0 Å². The van der Waals surface area contributed by atoms with Crippen LogP contribution in [-0.2, 0) is 0 Å². The van der Waals surface area contributed by atoms with Crippen molar-refractivity contribution in [3.63, 3.8) is 0 Å². The van der Waals surface area contributed by atoms with Crippen LogP contribution in [0.5, 0.6) is 0 Å². The monoisotopic (exact) mass is 283 g/mol. The number of hydrogen-bond acceptors (Lipinski definition) is 3. The zero-order valence-electron chi connectivity index (χ0n) is 13.2. The second kappa shape index (κ2) is 7.89. The van der Waals surface area contributed by atoms with Crippen LogP contribution in [0.2, 0.25) is 0 Å². The van der Waals surface area contributed by atoms with Crippen molar-refractivity contribution in [1.29, 1.82) is 0 Å². The summed E-state index contributed by atoms with van der Waals surface area (Å²) < 4.78 is 0. The Kier molecular flexibility index (Phi) is 5.88. The molecule has 3 heteroatoms. The van der Waals surface area contributed by atoms with Gasteiger partial charge in [-0.25, -0.2) is 0 Å². The standard InChI is InChI=1S/C18H25N3/c1-4-14(3)17(15-9-7-6-8-10-15)18(20-5-2)16-13-19-11-12-21-16/h6-14,17-18,20H,4-5H2,1-3H3. The third kappa shape index (κ3) is 3.88. The highest BCUT2D eigenvalue weighted by molar-refractivity contribution is 5.25. The minimum absolute atomic E-state index is 0.195. The highest BCUT2D eigenvalue weighted by Gasteiger charge is 2.29. The molecule has 0 aliphatic carbocycles. The Balaban J connectivity index is 2.41. The van der Waals surface area contributed by atoms with E-state index in [-0.39, 0.29) is 6.04 Å². The lowest BCUT2D eigenvalue weighted by atomic mass is 9.79. The molecule has 21 heavy (non-hydrogen) atoms. The molecule has 0 aliphatic heterocycles. The fourth-order valence-corrected chi connectivity index (χ4v) is 2.89. The minimum atomic E-state index is 0.195. The maximum Gasteiger partial charge on any atom is 0.0762 e. The van der Waals surface area contributed by atoms with Crippen molar-refractivity contribution >= 4 is 0 Å². The van der Waals surface area contributed by atoms with Crippen LogP contribution in [0.1, 0.15) is 50.4 Å². The smallest absolute Gasteiger partial charge is 0.0762 e. The topological polar surface area (TPSA) is 37.8 Å². The SMILES string of the molecule is CCNC(c1cnccn1)C(c1ccccc1)C(C)CC. The molecule has 0 bridgehead atoms. The molecule has 112 valence electrons. The van der Waals surface area contributed by atoms with E-state index in [0.717, 1.165) is 18.7 Å². The van der Waals surface area contributed by atoms with Crippen molar-refractivity contribution in [2.75, 3.05) is 6.54 Å². The first-order chi connectivity index (χ1) is 10.3. The summed E-state index contributed by atoms with van der Waals surface area (Å²) >= 11 is 0. The molecule has 2 aromatic rings. The van der Waals surface area contributed by atoms with E-state index in [9.17, 15) is 0 Å². The Morgan fingerprint density at radius 1 is 1.10 bits per heavy atom. The van der Waals surface area contributed by atoms with E-state index >= 15 is 0 Å². The molecule has 0 spiro atoms. The summed E-state index contributed by atoms with van der Waals surface area (Å²) in [7, 11) is 0. The summed E-state index contributed by atoms with van der Waals surface area (Å²) in [6.45, 7) is 7.63. The summed E-state index contributed by atoms with van der Waals surface area (Å²) in [6, 6.07) is 10.9. The molecule has 1 N–H and O–H groups in total. The van der Waals surface area contributed by atoms with E-state index in [1.54, 1.807) is 12.4 Å². The van der Waals surface area contributed by atoms with Gasteiger partial charge in [-0.2, -0.15) is 0 Å². The fourth-order valence-electron chi connectivity index (χ4n) is 2.89. The van der Waals surface area contributed by atoms with E-state index in [1.807, 2.05) is 6.20 Å². The van der Waals surface area contributed by atoms with Crippen molar-refractivity contribution in [3.8, 4) is 0 Å². The number of nitrogens with zero attached hydrogens (tertiary/aromatic N) is 2. The number of benzene rings is 1. The van der Waals surface area contributed by atoms with Crippen LogP contribution in [0.3, 0.4) is 0 Å². The van der Waals surface area contributed by atoms with Crippen LogP contribution in [0.25, 0.3) is 0 Å². The zero-order chi connectivity index (χ0) is 15.1. The average Bonchev–Trinajstić information content (AvgIpc) is 2.56. The zero-order valence-corrected chi connectivity index (χ0v) is 13.2. The van der Waals surface area contributed by atoms with Crippen molar-refractivity contribution in [1.82, 2.24) is 15.3 Å². The Labute approximate surface area is 127 Å². The molecule has 3 unspecified atom stereocenters. The first kappa shape index (κ1) is 15.6. The third-order valence-corrected chi connectivity index (χ3v) is 4.13. The quantitative estimate of drug-likeness (QED) is 0.836. The van der Waals surface area contributed by atoms with Crippen LogP contribution >= 0.6 is 0 Å². The molecule has 2 rings (SSSR count). The minimum Gasteiger partial charge on any atom is -0.308 e. The van der Waals surface area contributed by atoms with E-state index in [0.29, 0.717) is 11.8 Å².